The number of amides is 1. The number of carbonyl (C=O) groups is 1. The Balaban J connectivity index is 2.30. The number of hydrogen-bond acceptors (Lipinski definition) is 5. The number of nitrogens with two attached hydrogens (primary N) is 1. The molecule has 0 aliphatic carbocycles. The zero-order valence-corrected chi connectivity index (χ0v) is 11.0. The molecule has 0 saturated heterocycles. The fraction of sp³-hybridized carbons (Fsp3) is 0.385. The third-order valence-corrected chi connectivity index (χ3v) is 2.81. The molecular weight excluding hydrogens is 246 g/mol. The summed E-state index contributed by atoms with van der Waals surface area (Å²) in [6, 6.07) is 5.23. The maximum absolute atomic E-state index is 11.5. The van der Waals surface area contributed by atoms with Crippen LogP contribution in [0.25, 0.3) is 0 Å². The number of methoxy groups -OCH3 is 1. The molecule has 1 aliphatic rings. The van der Waals surface area contributed by atoms with E-state index in [9.17, 15) is 4.79 Å². The highest BCUT2D eigenvalue weighted by Crippen LogP contribution is 2.33. The quantitative estimate of drug-likeness (QED) is 0.847. The fourth-order valence-corrected chi connectivity index (χ4v) is 1.97. The molecule has 6 heteroatoms. The van der Waals surface area contributed by atoms with Crippen LogP contribution in [0.3, 0.4) is 0 Å². The molecule has 3 N–H and O–H groups in total. The minimum atomic E-state index is -0.279. The molecule has 0 spiro atoms. The van der Waals surface area contributed by atoms with Crippen molar-refractivity contribution in [2.24, 2.45) is 10.7 Å². The molecule has 1 amide bonds. The molecule has 0 fully saturated rings. The van der Waals surface area contributed by atoms with E-state index in [2.05, 4.69) is 10.3 Å². The second-order valence-corrected chi connectivity index (χ2v) is 4.13. The van der Waals surface area contributed by atoms with E-state index >= 15 is 0 Å². The highest BCUT2D eigenvalue weighted by atomic mass is 16.5. The summed E-state index contributed by atoms with van der Waals surface area (Å²) in [5.74, 6) is 1.31. The van der Waals surface area contributed by atoms with Gasteiger partial charge in [-0.3, -0.25) is 10.1 Å². The van der Waals surface area contributed by atoms with E-state index in [1.54, 1.807) is 7.11 Å². The van der Waals surface area contributed by atoms with E-state index in [1.165, 1.54) is 0 Å². The molecule has 0 unspecified atom stereocenters. The molecule has 19 heavy (non-hydrogen) atoms. The van der Waals surface area contributed by atoms with Gasteiger partial charge in [-0.1, -0.05) is 6.07 Å². The highest BCUT2D eigenvalue weighted by molar-refractivity contribution is 5.98. The predicted molar refractivity (Wildman–Crippen MR) is 71.3 cm³/mol. The highest BCUT2D eigenvalue weighted by Gasteiger charge is 2.22. The smallest absolute Gasteiger partial charge is 0.229 e. The maximum Gasteiger partial charge on any atom is 0.229 e. The SMILES string of the molecule is CCOc1ccc([C@H]2CC(=O)NC(N)=N2)cc1OC. The Morgan fingerprint density at radius 1 is 1.47 bits per heavy atom. The average molecular weight is 263 g/mol. The van der Waals surface area contributed by atoms with Crippen molar-refractivity contribution in [1.29, 1.82) is 0 Å². The lowest BCUT2D eigenvalue weighted by Gasteiger charge is -2.20. The first-order chi connectivity index (χ1) is 9.13. The normalized spacial score (nSPS) is 18.5. The number of hydrogen-bond donors (Lipinski definition) is 2. The lowest BCUT2D eigenvalue weighted by atomic mass is 10.0. The maximum atomic E-state index is 11.5. The minimum absolute atomic E-state index is 0.134. The van der Waals surface area contributed by atoms with Crippen molar-refractivity contribution in [3.8, 4) is 11.5 Å². The standard InChI is InChI=1S/C13H17N3O3/c1-3-19-10-5-4-8(6-11(10)18-2)9-7-12(17)16-13(14)15-9/h4-6,9H,3,7H2,1-2H3,(H3,14,15,16,17)/t9-/m1/s1. The summed E-state index contributed by atoms with van der Waals surface area (Å²) < 4.78 is 10.7. The van der Waals surface area contributed by atoms with Gasteiger partial charge in [-0.15, -0.1) is 0 Å². The molecule has 1 aromatic carbocycles. The van der Waals surface area contributed by atoms with Gasteiger partial charge in [0.15, 0.2) is 17.5 Å². The van der Waals surface area contributed by atoms with Crippen LogP contribution in [0.5, 0.6) is 11.5 Å². The zero-order chi connectivity index (χ0) is 13.8. The summed E-state index contributed by atoms with van der Waals surface area (Å²) in [5, 5.41) is 2.47. The van der Waals surface area contributed by atoms with Crippen molar-refractivity contribution in [3.05, 3.63) is 23.8 Å². The number of aliphatic imine (C=N–C) groups is 1. The molecular formula is C13H17N3O3. The molecule has 1 atom stereocenters. The number of nitrogens with one attached hydrogen (secondary N) is 1. The van der Waals surface area contributed by atoms with Crippen LogP contribution in [-0.4, -0.2) is 25.6 Å². The summed E-state index contributed by atoms with van der Waals surface area (Å²) in [6.07, 6.45) is 0.276. The number of carbonyl (C=O) groups excluding carboxylic acids is 1. The third-order valence-electron chi connectivity index (χ3n) is 2.81. The summed E-state index contributed by atoms with van der Waals surface area (Å²) >= 11 is 0. The van der Waals surface area contributed by atoms with E-state index in [-0.39, 0.29) is 24.3 Å². The van der Waals surface area contributed by atoms with E-state index in [0.717, 1.165) is 5.56 Å². The number of rotatable bonds is 4. The molecule has 2 rings (SSSR count). The van der Waals surface area contributed by atoms with Crippen LogP contribution in [0.4, 0.5) is 0 Å². The molecule has 1 aliphatic heterocycles. The van der Waals surface area contributed by atoms with Gasteiger partial charge in [0.05, 0.1) is 26.2 Å². The van der Waals surface area contributed by atoms with E-state index in [1.807, 2.05) is 25.1 Å². The first-order valence-electron chi connectivity index (χ1n) is 6.08. The van der Waals surface area contributed by atoms with Crippen LogP contribution >= 0.6 is 0 Å². The molecule has 1 heterocycles. The van der Waals surface area contributed by atoms with Crippen molar-refractivity contribution < 1.29 is 14.3 Å². The lowest BCUT2D eigenvalue weighted by Crippen LogP contribution is -2.41. The Kier molecular flexibility index (Phi) is 3.89. The van der Waals surface area contributed by atoms with E-state index in [4.69, 9.17) is 15.2 Å². The van der Waals surface area contributed by atoms with Crippen molar-refractivity contribution in [1.82, 2.24) is 5.32 Å². The van der Waals surface area contributed by atoms with Gasteiger partial charge in [-0.05, 0) is 24.6 Å². The minimum Gasteiger partial charge on any atom is -0.493 e. The van der Waals surface area contributed by atoms with E-state index in [0.29, 0.717) is 18.1 Å². The van der Waals surface area contributed by atoms with Gasteiger partial charge in [0, 0.05) is 0 Å². The molecule has 0 bridgehead atoms. The number of guanidine groups is 1. The van der Waals surface area contributed by atoms with Gasteiger partial charge in [0.1, 0.15) is 0 Å². The Morgan fingerprint density at radius 2 is 2.26 bits per heavy atom. The first kappa shape index (κ1) is 13.2. The van der Waals surface area contributed by atoms with Crippen LogP contribution < -0.4 is 20.5 Å². The van der Waals surface area contributed by atoms with Crippen molar-refractivity contribution in [3.63, 3.8) is 0 Å². The summed E-state index contributed by atoms with van der Waals surface area (Å²) in [7, 11) is 1.58. The molecule has 0 radical (unpaired) electrons. The lowest BCUT2D eigenvalue weighted by molar-refractivity contribution is -0.120. The molecule has 102 valence electrons. The van der Waals surface area contributed by atoms with E-state index < -0.39 is 0 Å². The molecule has 6 nitrogen and oxygen atoms in total. The van der Waals surface area contributed by atoms with Crippen LogP contribution in [0.2, 0.25) is 0 Å². The van der Waals surface area contributed by atoms with Gasteiger partial charge in [-0.2, -0.15) is 0 Å². The Labute approximate surface area is 111 Å². The Morgan fingerprint density at radius 3 is 2.89 bits per heavy atom. The average Bonchev–Trinajstić information content (AvgIpc) is 2.38. The van der Waals surface area contributed by atoms with Gasteiger partial charge in [0.25, 0.3) is 0 Å². The Bertz CT molecular complexity index is 514. The van der Waals surface area contributed by atoms with Crippen LogP contribution in [0.1, 0.15) is 24.9 Å². The monoisotopic (exact) mass is 263 g/mol. The van der Waals surface area contributed by atoms with Crippen LogP contribution in [-0.2, 0) is 4.79 Å². The third kappa shape index (κ3) is 2.96. The first-order valence-corrected chi connectivity index (χ1v) is 6.08. The zero-order valence-electron chi connectivity index (χ0n) is 11.0. The van der Waals surface area contributed by atoms with Gasteiger partial charge in [0.2, 0.25) is 5.91 Å². The second-order valence-electron chi connectivity index (χ2n) is 4.13. The number of benzene rings is 1. The molecule has 1 aromatic rings. The van der Waals surface area contributed by atoms with Crippen LogP contribution in [0, 0.1) is 0 Å². The fourth-order valence-electron chi connectivity index (χ4n) is 1.97. The summed E-state index contributed by atoms with van der Waals surface area (Å²) in [5.41, 5.74) is 6.44. The number of ether oxygens (including phenoxy) is 2. The Hall–Kier alpha value is -2.24. The van der Waals surface area contributed by atoms with Gasteiger partial charge < -0.3 is 15.2 Å². The molecule has 0 aromatic heterocycles. The van der Waals surface area contributed by atoms with Gasteiger partial charge >= 0.3 is 0 Å². The summed E-state index contributed by atoms with van der Waals surface area (Å²) in [6.45, 7) is 2.47. The predicted octanol–water partition coefficient (Wildman–Crippen LogP) is 0.970. The van der Waals surface area contributed by atoms with Crippen molar-refractivity contribution >= 4 is 11.9 Å². The van der Waals surface area contributed by atoms with Crippen LogP contribution in [0.15, 0.2) is 23.2 Å². The largest absolute Gasteiger partial charge is 0.493 e. The van der Waals surface area contributed by atoms with Gasteiger partial charge in [-0.25, -0.2) is 4.99 Å². The van der Waals surface area contributed by atoms with Crippen molar-refractivity contribution in [2.75, 3.05) is 13.7 Å². The summed E-state index contributed by atoms with van der Waals surface area (Å²) in [4.78, 5) is 15.7. The van der Waals surface area contributed by atoms with Crippen molar-refractivity contribution in [2.45, 2.75) is 19.4 Å². The molecule has 0 saturated carbocycles. The number of nitrogens with zero attached hydrogens (tertiary/aromatic N) is 1. The second kappa shape index (κ2) is 5.60. The topological polar surface area (TPSA) is 85.9 Å².